The Kier molecular flexibility index (Phi) is 14.1. The summed E-state index contributed by atoms with van der Waals surface area (Å²) in [6, 6.07) is 5.19. The highest BCUT2D eigenvalue weighted by Gasteiger charge is 2.28. The second kappa shape index (κ2) is 14.7. The predicted octanol–water partition coefficient (Wildman–Crippen LogP) is 3.58. The predicted molar refractivity (Wildman–Crippen MR) is 125 cm³/mol. The number of guanidine groups is 1. The van der Waals surface area contributed by atoms with Crippen molar-refractivity contribution < 1.29 is 22.6 Å². The summed E-state index contributed by atoms with van der Waals surface area (Å²) in [6.45, 7) is 4.82. The van der Waals surface area contributed by atoms with Crippen LogP contribution in [0.5, 0.6) is 5.75 Å². The number of aliphatic imine (C=N–C) groups is 1. The van der Waals surface area contributed by atoms with Gasteiger partial charge in [0.25, 0.3) is 0 Å². The molecule has 6 nitrogen and oxygen atoms in total. The summed E-state index contributed by atoms with van der Waals surface area (Å²) in [5, 5.41) is 6.33. The summed E-state index contributed by atoms with van der Waals surface area (Å²) < 4.78 is 48.3. The highest BCUT2D eigenvalue weighted by atomic mass is 127. The molecule has 0 aliphatic rings. The third-order valence-electron chi connectivity index (χ3n) is 4.08. The number of alkyl halides is 3. The molecule has 1 atom stereocenters. The fourth-order valence-corrected chi connectivity index (χ4v) is 2.59. The second-order valence-corrected chi connectivity index (χ2v) is 6.99. The summed E-state index contributed by atoms with van der Waals surface area (Å²) in [7, 11) is 5.66. The van der Waals surface area contributed by atoms with Gasteiger partial charge in [0, 0.05) is 38.9 Å². The molecule has 0 bridgehead atoms. The first-order chi connectivity index (χ1) is 13.6. The summed E-state index contributed by atoms with van der Waals surface area (Å²) in [5.74, 6) is 0.755. The number of nitrogens with one attached hydrogen (secondary N) is 2. The van der Waals surface area contributed by atoms with Gasteiger partial charge in [-0.05, 0) is 46.0 Å². The van der Waals surface area contributed by atoms with Crippen molar-refractivity contribution in [2.45, 2.75) is 39.1 Å². The molecule has 0 aliphatic carbocycles. The van der Waals surface area contributed by atoms with Gasteiger partial charge in [-0.2, -0.15) is 13.2 Å². The molecule has 174 valence electrons. The zero-order valence-electron chi connectivity index (χ0n) is 18.3. The molecule has 0 saturated heterocycles. The highest BCUT2D eigenvalue weighted by Crippen LogP contribution is 2.23. The molecule has 1 unspecified atom stereocenters. The van der Waals surface area contributed by atoms with Crippen LogP contribution in [0.15, 0.2) is 23.2 Å². The zero-order valence-corrected chi connectivity index (χ0v) is 20.6. The molecule has 0 aromatic heterocycles. The van der Waals surface area contributed by atoms with Crippen LogP contribution in [-0.2, 0) is 11.3 Å². The Balaban J connectivity index is 0.00000841. The molecule has 1 aromatic rings. The molecular weight excluding hydrogens is 512 g/mol. The summed E-state index contributed by atoms with van der Waals surface area (Å²) in [6.07, 6.45) is -3.48. The second-order valence-electron chi connectivity index (χ2n) is 6.99. The van der Waals surface area contributed by atoms with E-state index in [0.717, 1.165) is 18.5 Å². The zero-order chi connectivity index (χ0) is 21.9. The molecule has 1 rings (SSSR count). The first-order valence-electron chi connectivity index (χ1n) is 9.64. The summed E-state index contributed by atoms with van der Waals surface area (Å²) >= 11 is 0. The van der Waals surface area contributed by atoms with Gasteiger partial charge in [-0.3, -0.25) is 4.99 Å². The van der Waals surface area contributed by atoms with Crippen LogP contribution in [0.25, 0.3) is 0 Å². The lowest BCUT2D eigenvalue weighted by atomic mass is 10.1. The molecule has 0 heterocycles. The Morgan fingerprint density at radius 3 is 2.50 bits per heavy atom. The molecule has 10 heteroatoms. The fourth-order valence-electron chi connectivity index (χ4n) is 2.59. The van der Waals surface area contributed by atoms with Crippen LogP contribution in [-0.4, -0.2) is 70.6 Å². The molecule has 0 fully saturated rings. The third-order valence-corrected chi connectivity index (χ3v) is 4.08. The van der Waals surface area contributed by atoms with E-state index in [4.69, 9.17) is 9.47 Å². The van der Waals surface area contributed by atoms with E-state index in [2.05, 4.69) is 20.5 Å². The minimum atomic E-state index is -4.38. The van der Waals surface area contributed by atoms with Gasteiger partial charge in [0.15, 0.2) is 12.6 Å². The Morgan fingerprint density at radius 2 is 1.93 bits per heavy atom. The molecule has 0 spiro atoms. The van der Waals surface area contributed by atoms with Gasteiger partial charge < -0.3 is 25.0 Å². The molecular formula is C20H34F3IN4O2. The minimum Gasteiger partial charge on any atom is -0.484 e. The van der Waals surface area contributed by atoms with Crippen molar-refractivity contribution in [3.05, 3.63) is 29.3 Å². The van der Waals surface area contributed by atoms with E-state index in [-0.39, 0.29) is 42.4 Å². The van der Waals surface area contributed by atoms with Crippen molar-refractivity contribution in [1.82, 2.24) is 15.5 Å². The average Bonchev–Trinajstić information content (AvgIpc) is 2.64. The summed E-state index contributed by atoms with van der Waals surface area (Å²) in [4.78, 5) is 6.27. The van der Waals surface area contributed by atoms with Crippen molar-refractivity contribution in [3.63, 3.8) is 0 Å². The van der Waals surface area contributed by atoms with E-state index < -0.39 is 12.8 Å². The van der Waals surface area contributed by atoms with Gasteiger partial charge in [0.1, 0.15) is 5.75 Å². The highest BCUT2D eigenvalue weighted by molar-refractivity contribution is 14.0. The SMILES string of the molecule is CCOC(CCN(C)C)CNC(=NC)NCc1ccc(C)cc1OCC(F)(F)F.I. The van der Waals surface area contributed by atoms with Crippen molar-refractivity contribution in [2.24, 2.45) is 4.99 Å². The van der Waals surface area contributed by atoms with Crippen molar-refractivity contribution in [3.8, 4) is 5.75 Å². The number of nitrogens with zero attached hydrogens (tertiary/aromatic N) is 2. The number of benzene rings is 1. The standard InChI is InChI=1S/C20H33F3N4O2.HI/c1-6-28-17(9-10-27(4)5)13-26-19(24-3)25-12-16-8-7-15(2)11-18(16)29-14-20(21,22)23;/h7-8,11,17H,6,9-10,12-14H2,1-5H3,(H2,24,25,26);1H. The quantitative estimate of drug-likeness (QED) is 0.253. The molecule has 0 amide bonds. The lowest BCUT2D eigenvalue weighted by Crippen LogP contribution is -2.42. The van der Waals surface area contributed by atoms with Gasteiger partial charge >= 0.3 is 6.18 Å². The Bertz CT molecular complexity index is 643. The maximum atomic E-state index is 12.5. The number of halogens is 4. The lowest BCUT2D eigenvalue weighted by molar-refractivity contribution is -0.153. The molecule has 1 aromatic carbocycles. The van der Waals surface area contributed by atoms with E-state index in [1.54, 1.807) is 26.1 Å². The van der Waals surface area contributed by atoms with Crippen LogP contribution in [0.3, 0.4) is 0 Å². The Hall–Kier alpha value is -1.27. The van der Waals surface area contributed by atoms with E-state index >= 15 is 0 Å². The third kappa shape index (κ3) is 12.4. The van der Waals surface area contributed by atoms with Crippen LogP contribution in [0, 0.1) is 6.92 Å². The Morgan fingerprint density at radius 1 is 1.23 bits per heavy atom. The average molecular weight is 546 g/mol. The maximum absolute atomic E-state index is 12.5. The number of hydrogen-bond acceptors (Lipinski definition) is 4. The fraction of sp³-hybridized carbons (Fsp3) is 0.650. The van der Waals surface area contributed by atoms with Crippen molar-refractivity contribution in [2.75, 3.05) is 47.4 Å². The van der Waals surface area contributed by atoms with E-state index in [1.165, 1.54) is 0 Å². The van der Waals surface area contributed by atoms with Gasteiger partial charge in [-0.25, -0.2) is 0 Å². The maximum Gasteiger partial charge on any atom is 0.422 e. The molecule has 30 heavy (non-hydrogen) atoms. The normalized spacial score (nSPS) is 13.0. The molecule has 0 radical (unpaired) electrons. The van der Waals surface area contributed by atoms with Gasteiger partial charge in [0.05, 0.1) is 6.10 Å². The van der Waals surface area contributed by atoms with Crippen LogP contribution < -0.4 is 15.4 Å². The minimum absolute atomic E-state index is 0. The van der Waals surface area contributed by atoms with Crippen LogP contribution >= 0.6 is 24.0 Å². The topological polar surface area (TPSA) is 58.1 Å². The number of ether oxygens (including phenoxy) is 2. The molecule has 0 saturated carbocycles. The number of hydrogen-bond donors (Lipinski definition) is 2. The van der Waals surface area contributed by atoms with Crippen LogP contribution in [0.1, 0.15) is 24.5 Å². The molecule has 0 aliphatic heterocycles. The smallest absolute Gasteiger partial charge is 0.422 e. The van der Waals surface area contributed by atoms with Crippen molar-refractivity contribution >= 4 is 29.9 Å². The number of rotatable bonds is 11. The van der Waals surface area contributed by atoms with Crippen LogP contribution in [0.4, 0.5) is 13.2 Å². The van der Waals surface area contributed by atoms with Gasteiger partial charge in [0.2, 0.25) is 0 Å². The van der Waals surface area contributed by atoms with Crippen molar-refractivity contribution in [1.29, 1.82) is 0 Å². The van der Waals surface area contributed by atoms with Gasteiger partial charge in [-0.15, -0.1) is 24.0 Å². The lowest BCUT2D eigenvalue weighted by Gasteiger charge is -2.21. The summed E-state index contributed by atoms with van der Waals surface area (Å²) in [5.41, 5.74) is 1.45. The number of aryl methyl sites for hydroxylation is 1. The first kappa shape index (κ1) is 28.7. The largest absolute Gasteiger partial charge is 0.484 e. The van der Waals surface area contributed by atoms with Crippen LogP contribution in [0.2, 0.25) is 0 Å². The van der Waals surface area contributed by atoms with E-state index in [9.17, 15) is 13.2 Å². The first-order valence-corrected chi connectivity index (χ1v) is 9.64. The van der Waals surface area contributed by atoms with E-state index in [1.807, 2.05) is 27.1 Å². The van der Waals surface area contributed by atoms with Gasteiger partial charge in [-0.1, -0.05) is 12.1 Å². The monoisotopic (exact) mass is 546 g/mol. The Labute approximate surface area is 194 Å². The molecule has 2 N–H and O–H groups in total. The van der Waals surface area contributed by atoms with E-state index in [0.29, 0.717) is 24.7 Å².